The van der Waals surface area contributed by atoms with Crippen LogP contribution in [0.4, 0.5) is 0 Å². The lowest BCUT2D eigenvalue weighted by molar-refractivity contribution is -0.147. The highest BCUT2D eigenvalue weighted by Crippen LogP contribution is 2.36. The van der Waals surface area contributed by atoms with Crippen molar-refractivity contribution in [3.8, 4) is 0 Å². The van der Waals surface area contributed by atoms with Gasteiger partial charge in [-0.05, 0) is 57.6 Å². The Kier molecular flexibility index (Phi) is 28.0. The predicted molar refractivity (Wildman–Crippen MR) is 185 cm³/mol. The molecule has 0 aromatic heterocycles. The van der Waals surface area contributed by atoms with Gasteiger partial charge in [0, 0.05) is 45.8 Å². The Balaban J connectivity index is 0. The van der Waals surface area contributed by atoms with E-state index in [1.807, 2.05) is 47.5 Å². The molecule has 0 spiro atoms. The number of thioether (sulfide) groups is 1. The first-order valence-corrected chi connectivity index (χ1v) is 20.2. The lowest BCUT2D eigenvalue weighted by atomic mass is 9.89. The predicted octanol–water partition coefficient (Wildman–Crippen LogP) is 5.64. The molecule has 0 bridgehead atoms. The second kappa shape index (κ2) is 27.3. The zero-order valence-electron chi connectivity index (χ0n) is 27.4. The summed E-state index contributed by atoms with van der Waals surface area (Å²) < 4.78 is 10.7. The smallest absolute Gasteiger partial charge is 0.302 e. The summed E-state index contributed by atoms with van der Waals surface area (Å²) in [4.78, 5) is 59.3. The van der Waals surface area contributed by atoms with Crippen molar-refractivity contribution in [1.82, 2.24) is 15.5 Å². The Morgan fingerprint density at radius 2 is 1.77 bits per heavy atom. The van der Waals surface area contributed by atoms with Crippen LogP contribution in [0.3, 0.4) is 0 Å². The number of imide groups is 1. The maximum atomic E-state index is 12.6. The molecule has 0 aromatic carbocycles. The Labute approximate surface area is 274 Å². The van der Waals surface area contributed by atoms with E-state index in [9.17, 15) is 24.0 Å². The fourth-order valence-electron chi connectivity index (χ4n) is 3.85. The van der Waals surface area contributed by atoms with E-state index in [1.165, 1.54) is 48.7 Å². The highest BCUT2D eigenvalue weighted by atomic mass is 33.1. The normalized spacial score (nSPS) is 14.4. The van der Waals surface area contributed by atoms with Crippen LogP contribution in [0.2, 0.25) is 0 Å². The van der Waals surface area contributed by atoms with Gasteiger partial charge in [0.05, 0.1) is 5.25 Å². The van der Waals surface area contributed by atoms with Gasteiger partial charge in [-0.3, -0.25) is 28.9 Å². The standard InChI is InChI=1S/C19H36N3O5PS3.C8H14O2.C2H6/c1-6-15(30-5)17(25)22(14-23)10-9-20-18(26)19(2,3)8-11-28(4)27-13-21-16(24)7-12-31-29;1-7(9)10-8-5-3-2-4-6-8;1-2/h14-15,29H,6-13H2,1-5H3,(H,20,26)(H,21,24);8H,2-6H2,1H3;1-2H3. The molecule has 1 aliphatic rings. The second-order valence-corrected chi connectivity index (χ2v) is 14.8. The van der Waals surface area contributed by atoms with Crippen molar-refractivity contribution in [1.29, 1.82) is 0 Å². The number of nitrogens with zero attached hydrogens (tertiary/aromatic N) is 1. The Hall–Kier alpha value is -1.01. The maximum Gasteiger partial charge on any atom is 0.302 e. The molecule has 0 heterocycles. The molecule has 2 atom stereocenters. The molecule has 10 nitrogen and oxygen atoms in total. The lowest BCUT2D eigenvalue weighted by Crippen LogP contribution is -2.44. The van der Waals surface area contributed by atoms with Crippen molar-refractivity contribution in [2.75, 3.05) is 44.7 Å². The molecular formula is C29H56N3O7PS3. The first-order chi connectivity index (χ1) is 20.4. The zero-order chi connectivity index (χ0) is 33.3. The summed E-state index contributed by atoms with van der Waals surface area (Å²) in [7, 11) is 0.542. The number of amides is 4. The van der Waals surface area contributed by atoms with E-state index in [4.69, 9.17) is 9.26 Å². The van der Waals surface area contributed by atoms with Gasteiger partial charge in [0.1, 0.15) is 12.8 Å². The Morgan fingerprint density at radius 1 is 1.14 bits per heavy atom. The summed E-state index contributed by atoms with van der Waals surface area (Å²) in [6.07, 6.45) is 10.8. The van der Waals surface area contributed by atoms with Crippen molar-refractivity contribution in [3.63, 3.8) is 0 Å². The fourth-order valence-corrected chi connectivity index (χ4v) is 6.36. The van der Waals surface area contributed by atoms with Crippen molar-refractivity contribution in [3.05, 3.63) is 0 Å². The van der Waals surface area contributed by atoms with E-state index in [2.05, 4.69) is 22.3 Å². The lowest BCUT2D eigenvalue weighted by Gasteiger charge is -2.26. The summed E-state index contributed by atoms with van der Waals surface area (Å²) >= 11 is 5.40. The molecule has 0 aromatic rings. The van der Waals surface area contributed by atoms with Gasteiger partial charge in [-0.25, -0.2) is 0 Å². The molecule has 2 unspecified atom stereocenters. The van der Waals surface area contributed by atoms with Gasteiger partial charge in [0.25, 0.3) is 0 Å². The van der Waals surface area contributed by atoms with Crippen LogP contribution >= 0.6 is 42.4 Å². The topological polar surface area (TPSA) is 131 Å². The van der Waals surface area contributed by atoms with Gasteiger partial charge in [0.2, 0.25) is 24.1 Å². The van der Waals surface area contributed by atoms with Crippen LogP contribution in [-0.4, -0.2) is 91.0 Å². The molecule has 43 heavy (non-hydrogen) atoms. The van der Waals surface area contributed by atoms with E-state index < -0.39 is 13.6 Å². The second-order valence-electron chi connectivity index (χ2n) is 10.3. The maximum absolute atomic E-state index is 12.6. The van der Waals surface area contributed by atoms with E-state index in [0.717, 1.165) is 17.7 Å². The monoisotopic (exact) mass is 685 g/mol. The molecule has 2 N–H and O–H groups in total. The highest BCUT2D eigenvalue weighted by Gasteiger charge is 2.28. The molecule has 1 rings (SSSR count). The molecule has 4 amide bonds. The van der Waals surface area contributed by atoms with Crippen molar-refractivity contribution in [2.45, 2.75) is 104 Å². The molecule has 1 aliphatic carbocycles. The van der Waals surface area contributed by atoms with Gasteiger partial charge >= 0.3 is 5.97 Å². The summed E-state index contributed by atoms with van der Waals surface area (Å²) in [5, 5.41) is 5.27. The molecule has 0 saturated heterocycles. The average Bonchev–Trinajstić information content (AvgIpc) is 2.99. The average molecular weight is 686 g/mol. The SMILES string of the molecule is CC.CC(=O)OC1CCCCC1.CCC(SC)C(=O)N(C=O)CCNC(=O)C(C)(C)CCP(C)OCNC(=O)CCSS. The molecule has 14 heteroatoms. The minimum Gasteiger partial charge on any atom is -0.463 e. The van der Waals surface area contributed by atoms with Crippen molar-refractivity contribution < 1.29 is 33.2 Å². The number of ether oxygens (including phenoxy) is 1. The molecule has 1 saturated carbocycles. The number of carbonyl (C=O) groups is 5. The number of hydrogen-bond donors (Lipinski definition) is 3. The molecule has 1 fully saturated rings. The van der Waals surface area contributed by atoms with E-state index in [-0.39, 0.29) is 54.9 Å². The largest absolute Gasteiger partial charge is 0.463 e. The van der Waals surface area contributed by atoms with Gasteiger partial charge in [-0.15, -0.1) is 11.7 Å². The zero-order valence-corrected chi connectivity index (χ0v) is 30.9. The van der Waals surface area contributed by atoms with Crippen LogP contribution in [-0.2, 0) is 33.2 Å². The fraction of sp³-hybridized carbons (Fsp3) is 0.828. The number of carbonyl (C=O) groups excluding carboxylic acids is 5. The summed E-state index contributed by atoms with van der Waals surface area (Å²) in [6, 6.07) is 0. The Bertz CT molecular complexity index is 799. The minimum absolute atomic E-state index is 0.0738. The third kappa shape index (κ3) is 22.2. The van der Waals surface area contributed by atoms with Crippen LogP contribution in [0, 0.1) is 5.41 Å². The van der Waals surface area contributed by atoms with Crippen LogP contribution in [0.1, 0.15) is 92.9 Å². The van der Waals surface area contributed by atoms with Crippen LogP contribution < -0.4 is 10.6 Å². The number of hydrogen-bond acceptors (Lipinski definition) is 10. The molecule has 252 valence electrons. The third-order valence-electron chi connectivity index (χ3n) is 6.51. The van der Waals surface area contributed by atoms with Gasteiger partial charge < -0.3 is 19.9 Å². The van der Waals surface area contributed by atoms with E-state index in [0.29, 0.717) is 37.6 Å². The molecule has 0 radical (unpaired) electrons. The Morgan fingerprint density at radius 3 is 2.28 bits per heavy atom. The van der Waals surface area contributed by atoms with Crippen molar-refractivity contribution >= 4 is 72.5 Å². The first-order valence-electron chi connectivity index (χ1n) is 15.0. The van der Waals surface area contributed by atoms with Gasteiger partial charge in [-0.2, -0.15) is 11.8 Å². The summed E-state index contributed by atoms with van der Waals surface area (Å²) in [6.45, 7) is 13.6. The molecule has 0 aliphatic heterocycles. The van der Waals surface area contributed by atoms with Crippen molar-refractivity contribution in [2.24, 2.45) is 5.41 Å². The number of esters is 1. The highest BCUT2D eigenvalue weighted by molar-refractivity contribution is 8.68. The summed E-state index contributed by atoms with van der Waals surface area (Å²) in [5.74, 6) is 0.0730. The first kappa shape index (κ1) is 44.1. The molecular weight excluding hydrogens is 630 g/mol. The van der Waals surface area contributed by atoms with Gasteiger partial charge in [-0.1, -0.05) is 51.8 Å². The van der Waals surface area contributed by atoms with Crippen LogP contribution in [0.15, 0.2) is 0 Å². The quantitative estimate of drug-likeness (QED) is 0.0419. The third-order valence-corrected chi connectivity index (χ3v) is 9.97. The van der Waals surface area contributed by atoms with Crippen LogP contribution in [0.25, 0.3) is 0 Å². The minimum atomic E-state index is -0.776. The number of thiol groups is 1. The summed E-state index contributed by atoms with van der Waals surface area (Å²) in [5.41, 5.74) is -0.617. The number of rotatable bonds is 18. The van der Waals surface area contributed by atoms with E-state index >= 15 is 0 Å². The van der Waals surface area contributed by atoms with Crippen LogP contribution in [0.5, 0.6) is 0 Å². The van der Waals surface area contributed by atoms with E-state index in [1.54, 1.807) is 0 Å². The van der Waals surface area contributed by atoms with Gasteiger partial charge in [0.15, 0.2) is 0 Å². The number of nitrogens with one attached hydrogen (secondary N) is 2.